The largest absolute Gasteiger partial charge is 0.392 e. The van der Waals surface area contributed by atoms with Crippen LogP contribution in [0.2, 0.25) is 0 Å². The number of carbonyl (C=O) groups is 1. The van der Waals surface area contributed by atoms with Gasteiger partial charge >= 0.3 is 0 Å². The second kappa shape index (κ2) is 6.36. The van der Waals surface area contributed by atoms with Gasteiger partial charge in [0.1, 0.15) is 0 Å². The highest BCUT2D eigenvalue weighted by atomic mass is 16.3. The maximum absolute atomic E-state index is 11.4. The average Bonchev–Trinajstić information content (AvgIpc) is 3.10. The van der Waals surface area contributed by atoms with E-state index < -0.39 is 0 Å². The van der Waals surface area contributed by atoms with Gasteiger partial charge in [-0.3, -0.25) is 4.79 Å². The summed E-state index contributed by atoms with van der Waals surface area (Å²) in [7, 11) is 0. The van der Waals surface area contributed by atoms with Crippen molar-refractivity contribution in [2.75, 3.05) is 6.54 Å². The Morgan fingerprint density at radius 2 is 1.94 bits per heavy atom. The minimum Gasteiger partial charge on any atom is -0.392 e. The Morgan fingerprint density at radius 3 is 2.65 bits per heavy atom. The van der Waals surface area contributed by atoms with E-state index in [1.54, 1.807) is 0 Å². The first-order valence-electron chi connectivity index (χ1n) is 6.96. The molecule has 2 aliphatic carbocycles. The van der Waals surface area contributed by atoms with Gasteiger partial charge in [0, 0.05) is 18.5 Å². The van der Waals surface area contributed by atoms with E-state index in [-0.39, 0.29) is 18.1 Å². The van der Waals surface area contributed by atoms with Crippen molar-refractivity contribution >= 4 is 5.91 Å². The summed E-state index contributed by atoms with van der Waals surface area (Å²) in [5.74, 6) is 0.179. The van der Waals surface area contributed by atoms with Gasteiger partial charge in [0.25, 0.3) is 0 Å². The molecule has 0 unspecified atom stereocenters. The highest BCUT2D eigenvalue weighted by Crippen LogP contribution is 2.19. The van der Waals surface area contributed by atoms with Crippen LogP contribution in [0.15, 0.2) is 0 Å². The van der Waals surface area contributed by atoms with Crippen molar-refractivity contribution < 1.29 is 9.90 Å². The van der Waals surface area contributed by atoms with Crippen LogP contribution in [0.4, 0.5) is 0 Å². The Labute approximate surface area is 103 Å². The van der Waals surface area contributed by atoms with Crippen LogP contribution in [0.25, 0.3) is 0 Å². The van der Waals surface area contributed by atoms with Crippen LogP contribution in [0.5, 0.6) is 0 Å². The van der Waals surface area contributed by atoms with Crippen LogP contribution < -0.4 is 10.6 Å². The molecule has 2 aliphatic rings. The summed E-state index contributed by atoms with van der Waals surface area (Å²) in [6.07, 6.45) is 7.91. The summed E-state index contributed by atoms with van der Waals surface area (Å²) in [6.45, 7) is 0.833. The molecule has 0 aromatic carbocycles. The molecule has 0 aromatic rings. The average molecular weight is 240 g/mol. The lowest BCUT2D eigenvalue weighted by Crippen LogP contribution is -2.42. The van der Waals surface area contributed by atoms with Gasteiger partial charge in [-0.05, 0) is 38.6 Å². The molecule has 0 bridgehead atoms. The molecule has 2 atom stereocenters. The molecule has 17 heavy (non-hydrogen) atoms. The maximum Gasteiger partial charge on any atom is 0.220 e. The van der Waals surface area contributed by atoms with E-state index in [4.69, 9.17) is 0 Å². The van der Waals surface area contributed by atoms with Crippen LogP contribution in [0, 0.1) is 0 Å². The van der Waals surface area contributed by atoms with Crippen LogP contribution in [0.1, 0.15) is 51.4 Å². The van der Waals surface area contributed by atoms with Crippen molar-refractivity contribution in [2.45, 2.75) is 69.6 Å². The van der Waals surface area contributed by atoms with Crippen LogP contribution in [0.3, 0.4) is 0 Å². The fraction of sp³-hybridized carbons (Fsp3) is 0.923. The highest BCUT2D eigenvalue weighted by molar-refractivity contribution is 5.76. The molecule has 4 nitrogen and oxygen atoms in total. The number of carbonyl (C=O) groups excluding carboxylic acids is 1. The molecule has 0 heterocycles. The van der Waals surface area contributed by atoms with Gasteiger partial charge in [0.05, 0.1) is 6.10 Å². The van der Waals surface area contributed by atoms with Crippen molar-refractivity contribution in [1.82, 2.24) is 10.6 Å². The zero-order chi connectivity index (χ0) is 12.1. The van der Waals surface area contributed by atoms with Gasteiger partial charge in [-0.1, -0.05) is 12.8 Å². The quantitative estimate of drug-likeness (QED) is 0.605. The number of nitrogens with one attached hydrogen (secondary N) is 2. The van der Waals surface area contributed by atoms with E-state index in [1.165, 1.54) is 6.42 Å². The lowest BCUT2D eigenvalue weighted by Gasteiger charge is -2.28. The number of aliphatic hydroxyl groups is 1. The summed E-state index contributed by atoms with van der Waals surface area (Å²) in [5.41, 5.74) is 0. The zero-order valence-corrected chi connectivity index (χ0v) is 10.5. The molecule has 2 rings (SSSR count). The van der Waals surface area contributed by atoms with Gasteiger partial charge in [0.2, 0.25) is 5.91 Å². The number of hydrogen-bond donors (Lipinski definition) is 3. The molecule has 1 amide bonds. The lowest BCUT2D eigenvalue weighted by molar-refractivity contribution is -0.121. The molecule has 0 saturated heterocycles. The number of hydrogen-bond acceptors (Lipinski definition) is 3. The predicted octanol–water partition coefficient (Wildman–Crippen LogP) is 0.938. The molecular weight excluding hydrogens is 216 g/mol. The maximum atomic E-state index is 11.4. The van der Waals surface area contributed by atoms with Crippen molar-refractivity contribution in [1.29, 1.82) is 0 Å². The van der Waals surface area contributed by atoms with E-state index >= 15 is 0 Å². The number of aliphatic hydroxyl groups excluding tert-OH is 1. The van der Waals surface area contributed by atoms with Crippen molar-refractivity contribution in [3.8, 4) is 0 Å². The van der Waals surface area contributed by atoms with Gasteiger partial charge in [-0.25, -0.2) is 0 Å². The minimum absolute atomic E-state index is 0.179. The molecule has 3 N–H and O–H groups in total. The van der Waals surface area contributed by atoms with E-state index in [0.717, 1.165) is 45.1 Å². The van der Waals surface area contributed by atoms with E-state index in [1.807, 2.05) is 0 Å². The zero-order valence-electron chi connectivity index (χ0n) is 10.5. The summed E-state index contributed by atoms with van der Waals surface area (Å²) < 4.78 is 0. The Balaban J connectivity index is 1.51. The predicted molar refractivity (Wildman–Crippen MR) is 66.7 cm³/mol. The molecule has 0 aromatic heterocycles. The molecule has 4 heteroatoms. The summed E-state index contributed by atoms with van der Waals surface area (Å²) in [4.78, 5) is 11.4. The monoisotopic (exact) mass is 240 g/mol. The van der Waals surface area contributed by atoms with Gasteiger partial charge in [0.15, 0.2) is 0 Å². The second-order valence-electron chi connectivity index (χ2n) is 5.36. The third-order valence-corrected chi connectivity index (χ3v) is 3.66. The lowest BCUT2D eigenvalue weighted by atomic mass is 9.92. The topological polar surface area (TPSA) is 61.4 Å². The van der Waals surface area contributed by atoms with E-state index in [9.17, 15) is 9.90 Å². The summed E-state index contributed by atoms with van der Waals surface area (Å²) in [6, 6.07) is 0.714. The van der Waals surface area contributed by atoms with Crippen LogP contribution in [-0.2, 0) is 4.79 Å². The molecule has 0 radical (unpaired) electrons. The minimum atomic E-state index is -0.191. The first-order valence-corrected chi connectivity index (χ1v) is 6.96. The number of rotatable bonds is 6. The van der Waals surface area contributed by atoms with Crippen LogP contribution in [-0.4, -0.2) is 35.7 Å². The van der Waals surface area contributed by atoms with E-state index in [2.05, 4.69) is 10.6 Å². The molecule has 0 aliphatic heterocycles. The van der Waals surface area contributed by atoms with Crippen molar-refractivity contribution in [3.63, 3.8) is 0 Å². The normalized spacial score (nSPS) is 29.0. The molecular formula is C13H24N2O2. The highest BCUT2D eigenvalue weighted by Gasteiger charge is 2.23. The van der Waals surface area contributed by atoms with Crippen LogP contribution >= 0.6 is 0 Å². The molecule has 0 spiro atoms. The summed E-state index contributed by atoms with van der Waals surface area (Å²) >= 11 is 0. The Bertz CT molecular complexity index is 254. The van der Waals surface area contributed by atoms with Gasteiger partial charge in [-0.2, -0.15) is 0 Å². The fourth-order valence-corrected chi connectivity index (χ4v) is 2.41. The third-order valence-electron chi connectivity index (χ3n) is 3.66. The number of amides is 1. The first kappa shape index (κ1) is 12.8. The Kier molecular flexibility index (Phi) is 4.80. The second-order valence-corrected chi connectivity index (χ2v) is 5.36. The standard InChI is InChI=1S/C13H24N2O2/c16-12-5-2-1-4-11(12)14-9-3-6-13(17)15-10-7-8-10/h10-12,14,16H,1-9H2,(H,15,17)/t11-,12-/m0/s1. The van der Waals surface area contributed by atoms with Crippen molar-refractivity contribution in [2.24, 2.45) is 0 Å². The smallest absolute Gasteiger partial charge is 0.220 e. The van der Waals surface area contributed by atoms with Gasteiger partial charge < -0.3 is 15.7 Å². The van der Waals surface area contributed by atoms with E-state index in [0.29, 0.717) is 12.5 Å². The first-order chi connectivity index (χ1) is 8.25. The fourth-order valence-electron chi connectivity index (χ4n) is 2.41. The Hall–Kier alpha value is -0.610. The molecule has 98 valence electrons. The summed E-state index contributed by atoms with van der Waals surface area (Å²) in [5, 5.41) is 16.1. The van der Waals surface area contributed by atoms with Crippen molar-refractivity contribution in [3.05, 3.63) is 0 Å². The SMILES string of the molecule is O=C(CCCN[C@H]1CCCC[C@@H]1O)NC1CC1. The van der Waals surface area contributed by atoms with Gasteiger partial charge in [-0.15, -0.1) is 0 Å². The Morgan fingerprint density at radius 1 is 1.18 bits per heavy atom. The third kappa shape index (κ3) is 4.64. The molecule has 2 saturated carbocycles. The molecule has 2 fully saturated rings.